The molecule has 1 N–H and O–H groups in total. The number of rotatable bonds is 2. The van der Waals surface area contributed by atoms with E-state index in [2.05, 4.69) is 21.4 Å². The maximum absolute atomic E-state index is 13.4. The molecule has 16 heavy (non-hydrogen) atoms. The maximum Gasteiger partial charge on any atom is 0.277 e. The minimum atomic E-state index is -0.597. The van der Waals surface area contributed by atoms with Crippen LogP contribution >= 0.6 is 15.9 Å². The molecule has 5 heteroatoms. The van der Waals surface area contributed by atoms with Gasteiger partial charge in [-0.15, -0.1) is 0 Å². The van der Waals surface area contributed by atoms with Crippen LogP contribution in [0.15, 0.2) is 22.7 Å². The molecule has 0 saturated heterocycles. The van der Waals surface area contributed by atoms with Crippen molar-refractivity contribution in [1.29, 1.82) is 0 Å². The normalized spacial score (nSPS) is 11.3. The summed E-state index contributed by atoms with van der Waals surface area (Å²) in [6, 6.07) is 4.21. The molecule has 1 rings (SSSR count). The van der Waals surface area contributed by atoms with E-state index in [-0.39, 0.29) is 5.56 Å². The highest BCUT2D eigenvalue weighted by atomic mass is 79.9. The lowest BCUT2D eigenvalue weighted by Crippen LogP contribution is -2.33. The first-order valence-corrected chi connectivity index (χ1v) is 5.52. The second-order valence-corrected chi connectivity index (χ2v) is 5.19. The number of hydroxylamine groups is 1. The highest BCUT2D eigenvalue weighted by Crippen LogP contribution is 2.15. The number of nitrogens with one attached hydrogen (secondary N) is 1. The Morgan fingerprint density at radius 1 is 1.44 bits per heavy atom. The molecule has 0 bridgehead atoms. The Balaban J connectivity index is 2.74. The Morgan fingerprint density at radius 3 is 2.56 bits per heavy atom. The smallest absolute Gasteiger partial charge is 0.268 e. The van der Waals surface area contributed by atoms with Gasteiger partial charge in [0.05, 0.1) is 11.2 Å². The van der Waals surface area contributed by atoms with Crippen LogP contribution in [0.5, 0.6) is 0 Å². The molecule has 1 amide bonds. The summed E-state index contributed by atoms with van der Waals surface area (Å²) < 4.78 is 14.0. The molecule has 0 aliphatic rings. The fourth-order valence-electron chi connectivity index (χ4n) is 0.928. The van der Waals surface area contributed by atoms with Crippen molar-refractivity contribution in [3.8, 4) is 0 Å². The van der Waals surface area contributed by atoms with E-state index in [4.69, 9.17) is 4.84 Å². The average molecular weight is 290 g/mol. The van der Waals surface area contributed by atoms with E-state index in [9.17, 15) is 9.18 Å². The number of halogens is 2. The van der Waals surface area contributed by atoms with Crippen molar-refractivity contribution >= 4 is 21.8 Å². The third-order valence-corrected chi connectivity index (χ3v) is 2.12. The maximum atomic E-state index is 13.4. The van der Waals surface area contributed by atoms with Gasteiger partial charge in [0.1, 0.15) is 5.82 Å². The van der Waals surface area contributed by atoms with Gasteiger partial charge < -0.3 is 0 Å². The van der Waals surface area contributed by atoms with E-state index in [0.29, 0.717) is 4.47 Å². The van der Waals surface area contributed by atoms with Gasteiger partial charge in [0.2, 0.25) is 0 Å². The Morgan fingerprint density at radius 2 is 2.06 bits per heavy atom. The molecule has 0 atom stereocenters. The number of hydrogen-bond donors (Lipinski definition) is 1. The molecule has 0 aliphatic heterocycles. The quantitative estimate of drug-likeness (QED) is 0.850. The van der Waals surface area contributed by atoms with Crippen molar-refractivity contribution in [2.24, 2.45) is 0 Å². The lowest BCUT2D eigenvalue weighted by Gasteiger charge is -2.19. The lowest BCUT2D eigenvalue weighted by atomic mass is 10.2. The fourth-order valence-corrected chi connectivity index (χ4v) is 1.26. The number of amides is 1. The molecule has 0 aliphatic carbocycles. The summed E-state index contributed by atoms with van der Waals surface area (Å²) in [6.07, 6.45) is 0. The number of carbonyl (C=O) groups is 1. The second-order valence-electron chi connectivity index (χ2n) is 4.27. The predicted octanol–water partition coefficient (Wildman–Crippen LogP) is 3.05. The van der Waals surface area contributed by atoms with Crippen molar-refractivity contribution in [1.82, 2.24) is 5.48 Å². The standard InChI is InChI=1S/C11H13BrFNO2/c1-11(2,3)16-14-10(15)8-5-4-7(12)6-9(8)13/h4-6H,1-3H3,(H,14,15). The molecule has 3 nitrogen and oxygen atoms in total. The molecule has 0 radical (unpaired) electrons. The Labute approximate surface area is 102 Å². The highest BCUT2D eigenvalue weighted by Gasteiger charge is 2.16. The molecule has 0 heterocycles. The number of carbonyl (C=O) groups excluding carboxylic acids is 1. The third kappa shape index (κ3) is 3.90. The summed E-state index contributed by atoms with van der Waals surface area (Å²) in [5, 5.41) is 0. The van der Waals surface area contributed by atoms with Gasteiger partial charge in [-0.05, 0) is 39.0 Å². The zero-order valence-corrected chi connectivity index (χ0v) is 10.9. The monoisotopic (exact) mass is 289 g/mol. The Bertz CT molecular complexity index is 401. The molecule has 1 aromatic rings. The third-order valence-electron chi connectivity index (χ3n) is 1.63. The molecule has 0 aromatic heterocycles. The summed E-state index contributed by atoms with van der Waals surface area (Å²) in [4.78, 5) is 16.6. The van der Waals surface area contributed by atoms with Gasteiger partial charge in [0, 0.05) is 4.47 Å². The molecule has 1 aromatic carbocycles. The zero-order valence-electron chi connectivity index (χ0n) is 9.30. The SMILES string of the molecule is CC(C)(C)ONC(=O)c1ccc(Br)cc1F. The van der Waals surface area contributed by atoms with Gasteiger partial charge in [-0.1, -0.05) is 15.9 Å². The zero-order chi connectivity index (χ0) is 12.3. The minimum absolute atomic E-state index is 0.0487. The predicted molar refractivity (Wildman–Crippen MR) is 62.4 cm³/mol. The van der Waals surface area contributed by atoms with Crippen molar-refractivity contribution in [3.63, 3.8) is 0 Å². The molecule has 0 saturated carbocycles. The summed E-state index contributed by atoms with van der Waals surface area (Å²) >= 11 is 3.11. The van der Waals surface area contributed by atoms with Crippen molar-refractivity contribution < 1.29 is 14.0 Å². The van der Waals surface area contributed by atoms with Crippen LogP contribution < -0.4 is 5.48 Å². The molecule has 0 unspecified atom stereocenters. The van der Waals surface area contributed by atoms with Crippen LogP contribution in [0.25, 0.3) is 0 Å². The van der Waals surface area contributed by atoms with Crippen LogP contribution in [0.3, 0.4) is 0 Å². The Kier molecular flexibility index (Phi) is 4.04. The average Bonchev–Trinajstić information content (AvgIpc) is 2.13. The van der Waals surface area contributed by atoms with Gasteiger partial charge >= 0.3 is 0 Å². The second kappa shape index (κ2) is 4.93. The van der Waals surface area contributed by atoms with Gasteiger partial charge in [-0.2, -0.15) is 0 Å². The van der Waals surface area contributed by atoms with E-state index < -0.39 is 17.3 Å². The van der Waals surface area contributed by atoms with Crippen LogP contribution in [0, 0.1) is 5.82 Å². The van der Waals surface area contributed by atoms with Crippen LogP contribution in [0.1, 0.15) is 31.1 Å². The van der Waals surface area contributed by atoms with E-state index in [1.54, 1.807) is 26.8 Å². The van der Waals surface area contributed by atoms with Crippen molar-refractivity contribution in [3.05, 3.63) is 34.1 Å². The summed E-state index contributed by atoms with van der Waals surface area (Å²) in [5.74, 6) is -1.19. The van der Waals surface area contributed by atoms with Gasteiger partial charge in [-0.25, -0.2) is 9.87 Å². The molecule has 0 fully saturated rings. The van der Waals surface area contributed by atoms with Crippen molar-refractivity contribution in [2.45, 2.75) is 26.4 Å². The topological polar surface area (TPSA) is 38.3 Å². The van der Waals surface area contributed by atoms with Crippen LogP contribution in [-0.2, 0) is 4.84 Å². The first-order chi connectivity index (χ1) is 7.29. The van der Waals surface area contributed by atoms with Crippen LogP contribution in [-0.4, -0.2) is 11.5 Å². The lowest BCUT2D eigenvalue weighted by molar-refractivity contribution is -0.0591. The molecular weight excluding hydrogens is 277 g/mol. The van der Waals surface area contributed by atoms with Crippen molar-refractivity contribution in [2.75, 3.05) is 0 Å². The van der Waals surface area contributed by atoms with E-state index in [1.807, 2.05) is 0 Å². The molecule has 0 spiro atoms. The van der Waals surface area contributed by atoms with Crippen LogP contribution in [0.2, 0.25) is 0 Å². The minimum Gasteiger partial charge on any atom is -0.268 e. The first-order valence-electron chi connectivity index (χ1n) is 4.73. The Hall–Kier alpha value is -0.940. The summed E-state index contributed by atoms with van der Waals surface area (Å²) in [5.41, 5.74) is 1.64. The van der Waals surface area contributed by atoms with Gasteiger partial charge in [0.25, 0.3) is 5.91 Å². The van der Waals surface area contributed by atoms with E-state index in [0.717, 1.165) is 0 Å². The van der Waals surface area contributed by atoms with E-state index >= 15 is 0 Å². The largest absolute Gasteiger partial charge is 0.277 e. The highest BCUT2D eigenvalue weighted by molar-refractivity contribution is 9.10. The van der Waals surface area contributed by atoms with Gasteiger partial charge in [-0.3, -0.25) is 9.63 Å². The van der Waals surface area contributed by atoms with Crippen LogP contribution in [0.4, 0.5) is 4.39 Å². The molecule has 88 valence electrons. The summed E-state index contributed by atoms with van der Waals surface area (Å²) in [7, 11) is 0. The summed E-state index contributed by atoms with van der Waals surface area (Å²) in [6.45, 7) is 5.35. The first kappa shape index (κ1) is 13.1. The van der Waals surface area contributed by atoms with E-state index in [1.165, 1.54) is 12.1 Å². The molecular formula is C11H13BrFNO2. The number of benzene rings is 1. The van der Waals surface area contributed by atoms with Gasteiger partial charge in [0.15, 0.2) is 0 Å². The number of hydrogen-bond acceptors (Lipinski definition) is 2. The fraction of sp³-hybridized carbons (Fsp3) is 0.364.